The first-order valence-electron chi connectivity index (χ1n) is 9.03. The lowest BCUT2D eigenvalue weighted by Gasteiger charge is -2.07. The first-order valence-corrected chi connectivity index (χ1v) is 9.41. The van der Waals surface area contributed by atoms with E-state index in [9.17, 15) is 19.7 Å². The van der Waals surface area contributed by atoms with E-state index in [-0.39, 0.29) is 40.3 Å². The summed E-state index contributed by atoms with van der Waals surface area (Å²) in [5, 5.41) is 24.2. The maximum Gasteiger partial charge on any atom is 0.276 e. The number of anilines is 1. The lowest BCUT2D eigenvalue weighted by Crippen LogP contribution is -2.22. The minimum absolute atomic E-state index is 0.0778. The van der Waals surface area contributed by atoms with Crippen LogP contribution in [0.1, 0.15) is 27.9 Å². The SMILES string of the molecule is CCn1cc(NC(=O)c2ccn(COc3ccc([N+](=O)[O-])cc3Cl)n2)c(C(=O)NC)n1. The Bertz CT molecular complexity index is 1140. The van der Waals surface area contributed by atoms with Crippen LogP contribution in [-0.2, 0) is 13.3 Å². The molecule has 31 heavy (non-hydrogen) atoms. The summed E-state index contributed by atoms with van der Waals surface area (Å²) < 4.78 is 8.38. The molecule has 0 aliphatic heterocycles. The second-order valence-electron chi connectivity index (χ2n) is 6.17. The minimum atomic E-state index is -0.562. The summed E-state index contributed by atoms with van der Waals surface area (Å²) in [6, 6.07) is 5.30. The number of ether oxygens (including phenoxy) is 1. The van der Waals surface area contributed by atoms with Gasteiger partial charge in [-0.15, -0.1) is 0 Å². The van der Waals surface area contributed by atoms with Crippen molar-refractivity contribution in [2.75, 3.05) is 12.4 Å². The van der Waals surface area contributed by atoms with E-state index in [1.807, 2.05) is 6.92 Å². The van der Waals surface area contributed by atoms with Crippen LogP contribution in [0, 0.1) is 10.1 Å². The number of amides is 2. The molecular weight excluding hydrogens is 430 g/mol. The van der Waals surface area contributed by atoms with Crippen molar-refractivity contribution in [3.8, 4) is 5.75 Å². The fraction of sp³-hybridized carbons (Fsp3) is 0.222. The Morgan fingerprint density at radius 3 is 2.65 bits per heavy atom. The third kappa shape index (κ3) is 4.98. The van der Waals surface area contributed by atoms with Crippen LogP contribution < -0.4 is 15.4 Å². The van der Waals surface area contributed by atoms with E-state index < -0.39 is 16.7 Å². The van der Waals surface area contributed by atoms with E-state index in [0.29, 0.717) is 6.54 Å². The van der Waals surface area contributed by atoms with E-state index in [4.69, 9.17) is 16.3 Å². The molecule has 3 aromatic rings. The van der Waals surface area contributed by atoms with Gasteiger partial charge in [-0.05, 0) is 19.1 Å². The molecule has 0 atom stereocenters. The number of carbonyl (C=O) groups excluding carboxylic acids is 2. The summed E-state index contributed by atoms with van der Waals surface area (Å²) >= 11 is 5.99. The van der Waals surface area contributed by atoms with Gasteiger partial charge in [0.2, 0.25) is 0 Å². The Balaban J connectivity index is 1.67. The molecular formula is C18H18ClN7O5. The van der Waals surface area contributed by atoms with E-state index in [1.54, 1.807) is 6.20 Å². The highest BCUT2D eigenvalue weighted by Gasteiger charge is 2.19. The summed E-state index contributed by atoms with van der Waals surface area (Å²) in [6.07, 6.45) is 3.07. The van der Waals surface area contributed by atoms with Crippen LogP contribution in [0.2, 0.25) is 5.02 Å². The summed E-state index contributed by atoms with van der Waals surface area (Å²) in [4.78, 5) is 34.7. The standard InChI is InChI=1S/C18H18ClN7O5/c1-3-24-9-14(16(23-24)18(28)20-2)21-17(27)13-6-7-25(22-13)10-31-15-5-4-11(26(29)30)8-12(15)19/h4-9H,3,10H2,1-2H3,(H,20,28)(H,21,27). The normalized spacial score (nSPS) is 10.5. The smallest absolute Gasteiger partial charge is 0.276 e. The number of benzene rings is 1. The van der Waals surface area contributed by atoms with Crippen LogP contribution in [-0.4, -0.2) is 43.3 Å². The highest BCUT2D eigenvalue weighted by Crippen LogP contribution is 2.28. The van der Waals surface area contributed by atoms with E-state index in [2.05, 4.69) is 20.8 Å². The molecule has 0 unspecified atom stereocenters. The second kappa shape index (κ2) is 9.26. The highest BCUT2D eigenvalue weighted by molar-refractivity contribution is 6.32. The number of hydrogen-bond donors (Lipinski definition) is 2. The van der Waals surface area contributed by atoms with Gasteiger partial charge in [-0.3, -0.25) is 24.4 Å². The molecule has 3 rings (SSSR count). The van der Waals surface area contributed by atoms with E-state index in [0.717, 1.165) is 0 Å². The Morgan fingerprint density at radius 2 is 2.00 bits per heavy atom. The number of hydrogen-bond acceptors (Lipinski definition) is 7. The first-order chi connectivity index (χ1) is 14.8. The number of non-ortho nitro benzene ring substituents is 1. The molecule has 0 aliphatic rings. The molecule has 2 aromatic heterocycles. The first kappa shape index (κ1) is 21.8. The van der Waals surface area contributed by atoms with Gasteiger partial charge in [0.05, 0.1) is 15.6 Å². The van der Waals surface area contributed by atoms with Gasteiger partial charge >= 0.3 is 0 Å². The van der Waals surface area contributed by atoms with Crippen LogP contribution >= 0.6 is 11.6 Å². The quantitative estimate of drug-likeness (QED) is 0.397. The van der Waals surface area contributed by atoms with Crippen molar-refractivity contribution in [3.63, 3.8) is 0 Å². The number of carbonyl (C=O) groups is 2. The number of aryl methyl sites for hydroxylation is 1. The molecule has 0 aliphatic carbocycles. The van der Waals surface area contributed by atoms with E-state index >= 15 is 0 Å². The average Bonchev–Trinajstić information content (AvgIpc) is 3.39. The molecule has 0 fully saturated rings. The van der Waals surface area contributed by atoms with Crippen molar-refractivity contribution < 1.29 is 19.2 Å². The van der Waals surface area contributed by atoms with Gasteiger partial charge in [-0.2, -0.15) is 10.2 Å². The summed E-state index contributed by atoms with van der Waals surface area (Å²) in [7, 11) is 1.47. The molecule has 2 N–H and O–H groups in total. The van der Waals surface area contributed by atoms with Gasteiger partial charge in [0.1, 0.15) is 5.75 Å². The Morgan fingerprint density at radius 1 is 1.23 bits per heavy atom. The van der Waals surface area contributed by atoms with Crippen molar-refractivity contribution in [1.29, 1.82) is 0 Å². The van der Waals surface area contributed by atoms with Crippen molar-refractivity contribution in [1.82, 2.24) is 24.9 Å². The summed E-state index contributed by atoms with van der Waals surface area (Å²) in [5.74, 6) is -0.731. The zero-order chi connectivity index (χ0) is 22.5. The van der Waals surface area contributed by atoms with Gasteiger partial charge in [-0.25, -0.2) is 4.68 Å². The van der Waals surface area contributed by atoms with Crippen molar-refractivity contribution in [2.24, 2.45) is 0 Å². The molecule has 0 saturated heterocycles. The molecule has 0 spiro atoms. The zero-order valence-corrected chi connectivity index (χ0v) is 17.3. The zero-order valence-electron chi connectivity index (χ0n) is 16.5. The summed E-state index contributed by atoms with van der Waals surface area (Å²) in [5.41, 5.74) is 0.284. The maximum absolute atomic E-state index is 12.5. The van der Waals surface area contributed by atoms with E-state index in [1.165, 1.54) is 46.9 Å². The Kier molecular flexibility index (Phi) is 6.50. The Hall–Kier alpha value is -3.93. The molecule has 0 radical (unpaired) electrons. The van der Waals surface area contributed by atoms with Crippen molar-refractivity contribution in [2.45, 2.75) is 20.2 Å². The fourth-order valence-electron chi connectivity index (χ4n) is 2.56. The topological polar surface area (TPSA) is 146 Å². The minimum Gasteiger partial charge on any atom is -0.470 e. The molecule has 2 amide bonds. The number of nitrogens with one attached hydrogen (secondary N) is 2. The van der Waals surface area contributed by atoms with Crippen LogP contribution in [0.15, 0.2) is 36.7 Å². The highest BCUT2D eigenvalue weighted by atomic mass is 35.5. The predicted octanol–water partition coefficient (Wildman–Crippen LogP) is 2.31. The van der Waals surface area contributed by atoms with Gasteiger partial charge in [0.25, 0.3) is 17.5 Å². The number of halogens is 1. The molecule has 162 valence electrons. The number of nitrogens with zero attached hydrogens (tertiary/aromatic N) is 5. The third-order valence-electron chi connectivity index (χ3n) is 4.13. The van der Waals surface area contributed by atoms with Crippen LogP contribution in [0.4, 0.5) is 11.4 Å². The number of rotatable bonds is 8. The number of nitro benzene ring substituents is 1. The van der Waals surface area contributed by atoms with Crippen molar-refractivity contribution in [3.05, 3.63) is 63.2 Å². The van der Waals surface area contributed by atoms with Crippen LogP contribution in [0.3, 0.4) is 0 Å². The predicted molar refractivity (Wildman–Crippen MR) is 110 cm³/mol. The molecule has 1 aromatic carbocycles. The van der Waals surface area contributed by atoms with Gasteiger partial charge < -0.3 is 15.4 Å². The number of nitro groups is 1. The lowest BCUT2D eigenvalue weighted by atomic mass is 10.3. The van der Waals surface area contributed by atoms with Crippen molar-refractivity contribution >= 4 is 34.8 Å². The number of aromatic nitrogens is 4. The third-order valence-corrected chi connectivity index (χ3v) is 4.42. The monoisotopic (exact) mass is 447 g/mol. The second-order valence-corrected chi connectivity index (χ2v) is 6.57. The Labute approximate surface area is 180 Å². The summed E-state index contributed by atoms with van der Waals surface area (Å²) in [6.45, 7) is 2.30. The largest absolute Gasteiger partial charge is 0.470 e. The van der Waals surface area contributed by atoms with Crippen LogP contribution in [0.5, 0.6) is 5.75 Å². The molecule has 2 heterocycles. The molecule has 0 bridgehead atoms. The van der Waals surface area contributed by atoms with Gasteiger partial charge in [0, 0.05) is 38.1 Å². The molecule has 0 saturated carbocycles. The van der Waals surface area contributed by atoms with Gasteiger partial charge in [0.15, 0.2) is 18.1 Å². The maximum atomic E-state index is 12.5. The van der Waals surface area contributed by atoms with Gasteiger partial charge in [-0.1, -0.05) is 11.6 Å². The fourth-order valence-corrected chi connectivity index (χ4v) is 2.79. The molecule has 12 nitrogen and oxygen atoms in total. The molecule has 13 heteroatoms. The van der Waals surface area contributed by atoms with Crippen LogP contribution in [0.25, 0.3) is 0 Å². The lowest BCUT2D eigenvalue weighted by molar-refractivity contribution is -0.384. The average molecular weight is 448 g/mol.